The van der Waals surface area contributed by atoms with Gasteiger partial charge in [-0.15, -0.1) is 0 Å². The van der Waals surface area contributed by atoms with Crippen LogP contribution < -0.4 is 15.5 Å². The van der Waals surface area contributed by atoms with E-state index in [2.05, 4.69) is 50.8 Å². The van der Waals surface area contributed by atoms with Gasteiger partial charge in [-0.05, 0) is 49.4 Å². The Bertz CT molecular complexity index is 1040. The van der Waals surface area contributed by atoms with Crippen molar-refractivity contribution in [3.05, 3.63) is 59.7 Å². The van der Waals surface area contributed by atoms with E-state index in [1.54, 1.807) is 0 Å². The second-order valence-corrected chi connectivity index (χ2v) is 11.1. The fourth-order valence-corrected chi connectivity index (χ4v) is 6.18. The zero-order valence-corrected chi connectivity index (χ0v) is 22.1. The third kappa shape index (κ3) is 6.92. The molecule has 2 saturated carbocycles. The van der Waals surface area contributed by atoms with E-state index in [4.69, 9.17) is 0 Å². The van der Waals surface area contributed by atoms with Crippen molar-refractivity contribution in [2.75, 3.05) is 36.4 Å². The van der Waals surface area contributed by atoms with Crippen molar-refractivity contribution in [2.45, 2.75) is 76.8 Å². The number of nitrogens with one attached hydrogen (secondary N) is 2. The zero-order valence-electron chi connectivity index (χ0n) is 22.1. The van der Waals surface area contributed by atoms with E-state index in [1.165, 1.54) is 31.2 Å². The maximum absolute atomic E-state index is 13.6. The van der Waals surface area contributed by atoms with Gasteiger partial charge in [0, 0.05) is 56.1 Å². The molecule has 198 valence electrons. The quantitative estimate of drug-likeness (QED) is 0.518. The Morgan fingerprint density at radius 1 is 0.784 bits per heavy atom. The molecule has 2 aliphatic carbocycles. The fourth-order valence-electron chi connectivity index (χ4n) is 6.18. The summed E-state index contributed by atoms with van der Waals surface area (Å²) in [5.41, 5.74) is 3.73. The van der Waals surface area contributed by atoms with Gasteiger partial charge in [-0.3, -0.25) is 14.5 Å². The zero-order chi connectivity index (χ0) is 25.5. The van der Waals surface area contributed by atoms with Gasteiger partial charge in [0.25, 0.3) is 5.91 Å². The van der Waals surface area contributed by atoms with Crippen LogP contribution in [0.25, 0.3) is 0 Å². The summed E-state index contributed by atoms with van der Waals surface area (Å²) in [6, 6.07) is 16.8. The summed E-state index contributed by atoms with van der Waals surface area (Å²) in [6.45, 7) is 4.63. The Morgan fingerprint density at radius 3 is 2.16 bits per heavy atom. The summed E-state index contributed by atoms with van der Waals surface area (Å²) in [5.74, 6) is 0.175. The Hall–Kier alpha value is -2.86. The number of nitrogens with zero attached hydrogens (tertiary/aromatic N) is 2. The monoisotopic (exact) mass is 502 g/mol. The highest BCUT2D eigenvalue weighted by molar-refractivity contribution is 6.02. The van der Waals surface area contributed by atoms with Crippen LogP contribution in [0.3, 0.4) is 0 Å². The molecule has 3 aliphatic rings. The van der Waals surface area contributed by atoms with Gasteiger partial charge in [0.2, 0.25) is 5.91 Å². The highest BCUT2D eigenvalue weighted by Gasteiger charge is 2.26. The molecule has 37 heavy (non-hydrogen) atoms. The van der Waals surface area contributed by atoms with Gasteiger partial charge >= 0.3 is 0 Å². The average molecular weight is 503 g/mol. The lowest BCUT2D eigenvalue weighted by atomic mass is 9.88. The van der Waals surface area contributed by atoms with Crippen LogP contribution in [-0.4, -0.2) is 48.9 Å². The molecule has 0 atom stereocenters. The van der Waals surface area contributed by atoms with E-state index in [-0.39, 0.29) is 23.8 Å². The van der Waals surface area contributed by atoms with Crippen LogP contribution >= 0.6 is 0 Å². The molecule has 6 heteroatoms. The molecule has 0 unspecified atom stereocenters. The lowest BCUT2D eigenvalue weighted by Gasteiger charge is -2.37. The van der Waals surface area contributed by atoms with Crippen LogP contribution in [0, 0.1) is 5.92 Å². The highest BCUT2D eigenvalue weighted by Crippen LogP contribution is 2.29. The van der Waals surface area contributed by atoms with Crippen LogP contribution in [-0.2, 0) is 11.3 Å². The van der Waals surface area contributed by atoms with Crippen LogP contribution in [0.4, 0.5) is 11.4 Å². The van der Waals surface area contributed by atoms with Crippen molar-refractivity contribution in [1.29, 1.82) is 0 Å². The molecule has 2 N–H and O–H groups in total. The number of carbonyl (C=O) groups excluding carboxylic acids is 2. The SMILES string of the molecule is O=C(NC1CCCCC1)c1cc(NC(=O)C2CCCCC2)ccc1N1CCN(Cc2ccccc2)CC1. The van der Waals surface area contributed by atoms with Gasteiger partial charge in [-0.25, -0.2) is 0 Å². The molecule has 1 heterocycles. The minimum absolute atomic E-state index is 0.0117. The van der Waals surface area contributed by atoms with Crippen LogP contribution in [0.2, 0.25) is 0 Å². The molecule has 1 saturated heterocycles. The predicted molar refractivity (Wildman–Crippen MR) is 150 cm³/mol. The van der Waals surface area contributed by atoms with Crippen LogP contribution in [0.5, 0.6) is 0 Å². The molecule has 0 bridgehead atoms. The first kappa shape index (κ1) is 25.8. The lowest BCUT2D eigenvalue weighted by Crippen LogP contribution is -2.46. The Balaban J connectivity index is 1.29. The molecule has 2 aromatic carbocycles. The van der Waals surface area contributed by atoms with E-state index in [1.807, 2.05) is 18.2 Å². The maximum Gasteiger partial charge on any atom is 0.253 e. The molecular weight excluding hydrogens is 460 g/mol. The van der Waals surface area contributed by atoms with Crippen molar-refractivity contribution in [3.63, 3.8) is 0 Å². The Kier molecular flexibility index (Phi) is 8.77. The summed E-state index contributed by atoms with van der Waals surface area (Å²) in [7, 11) is 0. The summed E-state index contributed by atoms with van der Waals surface area (Å²) in [5, 5.41) is 6.44. The second-order valence-electron chi connectivity index (χ2n) is 11.1. The first-order chi connectivity index (χ1) is 18.2. The van der Waals surface area contributed by atoms with Crippen molar-refractivity contribution >= 4 is 23.2 Å². The first-order valence-electron chi connectivity index (χ1n) is 14.4. The summed E-state index contributed by atoms with van der Waals surface area (Å²) in [6.07, 6.45) is 11.1. The van der Waals surface area contributed by atoms with Crippen LogP contribution in [0.15, 0.2) is 48.5 Å². The minimum Gasteiger partial charge on any atom is -0.368 e. The Labute approximate surface area is 221 Å². The minimum atomic E-state index is -0.0117. The molecule has 2 aromatic rings. The smallest absolute Gasteiger partial charge is 0.253 e. The molecule has 1 aliphatic heterocycles. The van der Waals surface area contributed by atoms with Gasteiger partial charge in [0.05, 0.1) is 5.56 Å². The number of piperazine rings is 1. The molecule has 0 spiro atoms. The number of hydrogen-bond donors (Lipinski definition) is 2. The first-order valence-corrected chi connectivity index (χ1v) is 14.4. The van der Waals surface area contributed by atoms with Crippen molar-refractivity contribution in [2.24, 2.45) is 5.92 Å². The number of carbonyl (C=O) groups is 2. The van der Waals surface area contributed by atoms with E-state index in [9.17, 15) is 9.59 Å². The lowest BCUT2D eigenvalue weighted by molar-refractivity contribution is -0.120. The average Bonchev–Trinajstić information content (AvgIpc) is 2.95. The number of amides is 2. The van der Waals surface area contributed by atoms with Crippen molar-refractivity contribution < 1.29 is 9.59 Å². The Morgan fingerprint density at radius 2 is 1.46 bits per heavy atom. The molecule has 3 fully saturated rings. The normalized spacial score (nSPS) is 19.9. The third-order valence-corrected chi connectivity index (χ3v) is 8.39. The topological polar surface area (TPSA) is 64.7 Å². The number of anilines is 2. The van der Waals surface area contributed by atoms with Gasteiger partial charge in [-0.1, -0.05) is 68.9 Å². The molecular formula is C31H42N4O2. The van der Waals surface area contributed by atoms with Gasteiger partial charge < -0.3 is 15.5 Å². The van der Waals surface area contributed by atoms with E-state index < -0.39 is 0 Å². The van der Waals surface area contributed by atoms with Crippen LogP contribution in [0.1, 0.15) is 80.1 Å². The third-order valence-electron chi connectivity index (χ3n) is 8.39. The molecule has 5 rings (SSSR count). The summed E-state index contributed by atoms with van der Waals surface area (Å²) in [4.78, 5) is 31.3. The summed E-state index contributed by atoms with van der Waals surface area (Å²) >= 11 is 0. The standard InChI is InChI=1S/C31H42N4O2/c36-30(25-12-6-2-7-13-25)33-27-16-17-29(28(22-27)31(37)32-26-14-8-3-9-15-26)35-20-18-34(19-21-35)23-24-10-4-1-5-11-24/h1,4-5,10-11,16-17,22,25-26H,2-3,6-9,12-15,18-21,23H2,(H,32,37)(H,33,36). The number of hydrogen-bond acceptors (Lipinski definition) is 4. The number of benzene rings is 2. The molecule has 2 amide bonds. The number of rotatable bonds is 7. The van der Waals surface area contributed by atoms with Crippen molar-refractivity contribution in [1.82, 2.24) is 10.2 Å². The summed E-state index contributed by atoms with van der Waals surface area (Å²) < 4.78 is 0. The molecule has 0 aromatic heterocycles. The molecule has 0 radical (unpaired) electrons. The van der Waals surface area contributed by atoms with E-state index in [0.717, 1.165) is 82.6 Å². The second kappa shape index (κ2) is 12.6. The van der Waals surface area contributed by atoms with E-state index >= 15 is 0 Å². The van der Waals surface area contributed by atoms with Gasteiger partial charge in [0.1, 0.15) is 0 Å². The largest absolute Gasteiger partial charge is 0.368 e. The van der Waals surface area contributed by atoms with Crippen molar-refractivity contribution in [3.8, 4) is 0 Å². The predicted octanol–water partition coefficient (Wildman–Crippen LogP) is 5.59. The van der Waals surface area contributed by atoms with Gasteiger partial charge in [-0.2, -0.15) is 0 Å². The highest BCUT2D eigenvalue weighted by atomic mass is 16.2. The van der Waals surface area contributed by atoms with E-state index in [0.29, 0.717) is 5.56 Å². The van der Waals surface area contributed by atoms with Gasteiger partial charge in [0.15, 0.2) is 0 Å². The maximum atomic E-state index is 13.6. The molecule has 6 nitrogen and oxygen atoms in total. The fraction of sp³-hybridized carbons (Fsp3) is 0.548.